The molecule has 190 valence electrons. The molecule has 2 amide bonds. The molecule has 7 nitrogen and oxygen atoms in total. The predicted molar refractivity (Wildman–Crippen MR) is 147 cm³/mol. The van der Waals surface area contributed by atoms with E-state index in [-0.39, 0.29) is 6.03 Å². The van der Waals surface area contributed by atoms with Crippen molar-refractivity contribution in [3.63, 3.8) is 0 Å². The zero-order chi connectivity index (χ0) is 25.4. The Balaban J connectivity index is 1.09. The van der Waals surface area contributed by atoms with Crippen LogP contribution in [0.2, 0.25) is 0 Å². The summed E-state index contributed by atoms with van der Waals surface area (Å²) < 4.78 is 7.25. The highest BCUT2D eigenvalue weighted by molar-refractivity contribution is 5.89. The van der Waals surface area contributed by atoms with E-state index in [9.17, 15) is 4.79 Å². The fourth-order valence-corrected chi connectivity index (χ4v) is 6.06. The van der Waals surface area contributed by atoms with Crippen LogP contribution in [0.15, 0.2) is 72.8 Å². The van der Waals surface area contributed by atoms with Crippen molar-refractivity contribution >= 4 is 22.5 Å². The first-order chi connectivity index (χ1) is 18.1. The number of nitrogens with zero attached hydrogens (tertiary/aromatic N) is 3. The van der Waals surface area contributed by atoms with E-state index in [1.807, 2.05) is 24.3 Å². The zero-order valence-corrected chi connectivity index (χ0v) is 21.4. The van der Waals surface area contributed by atoms with Gasteiger partial charge in [0, 0.05) is 49.0 Å². The van der Waals surface area contributed by atoms with Crippen LogP contribution in [0.3, 0.4) is 0 Å². The lowest BCUT2D eigenvalue weighted by atomic mass is 9.74. The molecule has 3 aromatic carbocycles. The molecule has 2 N–H and O–H groups in total. The standard InChI is InChI=1S/C30H33N5O2/c1-34-29(17-28(33-34)23-8-7-20-5-3-4-6-21(20)15-23)27-19-35-14-13-22(27)16-25(35)18-31-30(36)32-24-9-11-26(37-2)12-10-24/h3-12,15,17,22,25,27H,13-14,16,18-19H2,1-2H3,(H2,31,32,36)/t22-,25+,27-/m0/s1. The minimum atomic E-state index is -0.170. The first kappa shape index (κ1) is 23.6. The molecule has 7 rings (SSSR count). The number of ether oxygens (including phenoxy) is 1. The molecule has 1 unspecified atom stereocenters. The van der Waals surface area contributed by atoms with Gasteiger partial charge in [0.2, 0.25) is 0 Å². The molecule has 0 aliphatic carbocycles. The summed E-state index contributed by atoms with van der Waals surface area (Å²) in [5.41, 5.74) is 4.25. The Bertz CT molecular complexity index is 1410. The van der Waals surface area contributed by atoms with Crippen molar-refractivity contribution in [3.05, 3.63) is 78.5 Å². The van der Waals surface area contributed by atoms with E-state index in [0.717, 1.165) is 42.2 Å². The number of aryl methyl sites for hydroxylation is 1. The van der Waals surface area contributed by atoms with Gasteiger partial charge in [-0.15, -0.1) is 0 Å². The minimum absolute atomic E-state index is 0.170. The molecule has 0 spiro atoms. The summed E-state index contributed by atoms with van der Waals surface area (Å²) in [6.45, 7) is 2.75. The van der Waals surface area contributed by atoms with E-state index < -0.39 is 0 Å². The number of aromatic nitrogens is 2. The number of carbonyl (C=O) groups excluding carboxylic acids is 1. The van der Waals surface area contributed by atoms with Crippen LogP contribution in [0, 0.1) is 5.92 Å². The van der Waals surface area contributed by atoms with Crippen molar-refractivity contribution in [2.75, 3.05) is 32.1 Å². The maximum Gasteiger partial charge on any atom is 0.319 e. The number of amides is 2. The molecular formula is C30H33N5O2. The molecule has 3 aliphatic rings. The van der Waals surface area contributed by atoms with Gasteiger partial charge in [-0.3, -0.25) is 9.58 Å². The summed E-state index contributed by atoms with van der Waals surface area (Å²) in [7, 11) is 3.70. The molecule has 2 bridgehead atoms. The van der Waals surface area contributed by atoms with Gasteiger partial charge in [0.05, 0.1) is 12.8 Å². The average Bonchev–Trinajstić information content (AvgIpc) is 3.33. The van der Waals surface area contributed by atoms with Gasteiger partial charge in [-0.1, -0.05) is 36.4 Å². The van der Waals surface area contributed by atoms with Crippen LogP contribution < -0.4 is 15.4 Å². The quantitative estimate of drug-likeness (QED) is 0.383. The van der Waals surface area contributed by atoms with E-state index >= 15 is 0 Å². The Kier molecular flexibility index (Phi) is 6.30. The lowest BCUT2D eigenvalue weighted by Gasteiger charge is -2.49. The van der Waals surface area contributed by atoms with Crippen LogP contribution in [0.25, 0.3) is 22.0 Å². The maximum atomic E-state index is 12.5. The van der Waals surface area contributed by atoms with Crippen LogP contribution in [0.5, 0.6) is 5.75 Å². The molecule has 3 aliphatic heterocycles. The number of anilines is 1. The Labute approximate surface area is 217 Å². The van der Waals surface area contributed by atoms with Crippen molar-refractivity contribution < 1.29 is 9.53 Å². The minimum Gasteiger partial charge on any atom is -0.497 e. The predicted octanol–water partition coefficient (Wildman–Crippen LogP) is 5.25. The van der Waals surface area contributed by atoms with E-state index in [4.69, 9.17) is 9.84 Å². The molecule has 0 radical (unpaired) electrons. The molecular weight excluding hydrogens is 462 g/mol. The number of benzene rings is 3. The smallest absolute Gasteiger partial charge is 0.319 e. The van der Waals surface area contributed by atoms with E-state index in [2.05, 4.69) is 75.8 Å². The summed E-state index contributed by atoms with van der Waals surface area (Å²) in [5.74, 6) is 1.83. The van der Waals surface area contributed by atoms with Gasteiger partial charge in [-0.2, -0.15) is 5.10 Å². The van der Waals surface area contributed by atoms with Gasteiger partial charge in [0.1, 0.15) is 5.75 Å². The molecule has 3 saturated heterocycles. The molecule has 1 aromatic heterocycles. The summed E-state index contributed by atoms with van der Waals surface area (Å²) >= 11 is 0. The van der Waals surface area contributed by atoms with Gasteiger partial charge in [-0.05, 0) is 72.5 Å². The second-order valence-corrected chi connectivity index (χ2v) is 10.2. The number of carbonyl (C=O) groups is 1. The van der Waals surface area contributed by atoms with Crippen molar-refractivity contribution in [3.8, 4) is 17.0 Å². The van der Waals surface area contributed by atoms with Crippen molar-refractivity contribution in [2.45, 2.75) is 24.8 Å². The number of rotatable bonds is 6. The molecule has 37 heavy (non-hydrogen) atoms. The van der Waals surface area contributed by atoms with Crippen LogP contribution in [-0.2, 0) is 7.05 Å². The van der Waals surface area contributed by atoms with Crippen molar-refractivity contribution in [1.29, 1.82) is 0 Å². The van der Waals surface area contributed by atoms with E-state index in [1.54, 1.807) is 7.11 Å². The zero-order valence-electron chi connectivity index (χ0n) is 21.4. The fraction of sp³-hybridized carbons (Fsp3) is 0.333. The Hall–Kier alpha value is -3.84. The molecule has 7 heteroatoms. The number of methoxy groups -OCH3 is 1. The van der Waals surface area contributed by atoms with Gasteiger partial charge in [0.25, 0.3) is 0 Å². The third-order valence-corrected chi connectivity index (χ3v) is 8.07. The first-order valence-electron chi connectivity index (χ1n) is 13.0. The lowest BCUT2D eigenvalue weighted by Crippen LogP contribution is -2.56. The highest BCUT2D eigenvalue weighted by atomic mass is 16.5. The molecule has 4 atom stereocenters. The molecule has 3 fully saturated rings. The third-order valence-electron chi connectivity index (χ3n) is 8.07. The highest BCUT2D eigenvalue weighted by Gasteiger charge is 2.41. The summed E-state index contributed by atoms with van der Waals surface area (Å²) in [6, 6.07) is 24.9. The van der Waals surface area contributed by atoms with Gasteiger partial charge in [-0.25, -0.2) is 4.79 Å². The summed E-state index contributed by atoms with van der Waals surface area (Å²) in [4.78, 5) is 15.0. The summed E-state index contributed by atoms with van der Waals surface area (Å²) in [6.07, 6.45) is 2.28. The van der Waals surface area contributed by atoms with Crippen LogP contribution in [-0.4, -0.2) is 53.5 Å². The maximum absolute atomic E-state index is 12.5. The van der Waals surface area contributed by atoms with Crippen LogP contribution in [0.4, 0.5) is 10.5 Å². The van der Waals surface area contributed by atoms with E-state index in [0.29, 0.717) is 24.4 Å². The average molecular weight is 496 g/mol. The second kappa shape index (κ2) is 9.90. The number of fused-ring (bicyclic) bond motifs is 4. The molecule has 4 aromatic rings. The largest absolute Gasteiger partial charge is 0.497 e. The van der Waals surface area contributed by atoms with Crippen molar-refractivity contribution in [2.24, 2.45) is 13.0 Å². The second-order valence-electron chi connectivity index (χ2n) is 10.2. The highest BCUT2D eigenvalue weighted by Crippen LogP contribution is 2.42. The number of hydrogen-bond donors (Lipinski definition) is 2. The summed E-state index contributed by atoms with van der Waals surface area (Å²) in [5, 5.41) is 13.4. The topological polar surface area (TPSA) is 71.4 Å². The van der Waals surface area contributed by atoms with Crippen molar-refractivity contribution in [1.82, 2.24) is 20.0 Å². The third kappa shape index (κ3) is 4.79. The van der Waals surface area contributed by atoms with Gasteiger partial charge < -0.3 is 15.4 Å². The molecule has 4 heterocycles. The Morgan fingerprint density at radius 2 is 1.86 bits per heavy atom. The Morgan fingerprint density at radius 1 is 1.05 bits per heavy atom. The first-order valence-corrected chi connectivity index (χ1v) is 13.0. The van der Waals surface area contributed by atoms with E-state index in [1.165, 1.54) is 22.9 Å². The van der Waals surface area contributed by atoms with Gasteiger partial charge >= 0.3 is 6.03 Å². The number of piperidine rings is 3. The molecule has 0 saturated carbocycles. The lowest BCUT2D eigenvalue weighted by molar-refractivity contribution is 0.0296. The number of nitrogens with one attached hydrogen (secondary N) is 2. The monoisotopic (exact) mass is 495 g/mol. The SMILES string of the molecule is COc1ccc(NC(=O)NC[C@H]2C[C@@H]3CCN2C[C@@H]3c2cc(-c3ccc4ccccc4c3)nn2C)cc1. The fourth-order valence-electron chi connectivity index (χ4n) is 6.06. The van der Waals surface area contributed by atoms with Gasteiger partial charge in [0.15, 0.2) is 0 Å². The van der Waals surface area contributed by atoms with Crippen LogP contribution in [0.1, 0.15) is 24.5 Å². The van der Waals surface area contributed by atoms with Crippen LogP contribution >= 0.6 is 0 Å². The number of hydrogen-bond acceptors (Lipinski definition) is 4. The number of urea groups is 1. The normalized spacial score (nSPS) is 22.6. The Morgan fingerprint density at radius 3 is 2.62 bits per heavy atom.